The molecule has 2 N–H and O–H groups in total. The van der Waals surface area contributed by atoms with Crippen LogP contribution in [0.1, 0.15) is 26.3 Å². The molecule has 0 fully saturated rings. The van der Waals surface area contributed by atoms with E-state index in [0.29, 0.717) is 26.2 Å². The molecule has 0 radical (unpaired) electrons. The number of carbonyl (C=O) groups is 1. The van der Waals surface area contributed by atoms with Crippen molar-refractivity contribution in [1.82, 2.24) is 15.5 Å². The molecule has 0 unspecified atom stereocenters. The molecule has 0 aliphatic heterocycles. The molecule has 1 aromatic carbocycles. The molecule has 0 aromatic heterocycles. The molecule has 0 bridgehead atoms. The Labute approximate surface area is 174 Å². The number of aryl methyl sites for hydroxylation is 1. The largest absolute Gasteiger partial charge is 0.491 e. The van der Waals surface area contributed by atoms with Crippen LogP contribution in [0.3, 0.4) is 0 Å². The molecule has 0 atom stereocenters. The first-order chi connectivity index (χ1) is 11.8. The molecule has 0 saturated carbocycles. The quantitative estimate of drug-likeness (QED) is 0.275. The Kier molecular flexibility index (Phi) is 11.3. The zero-order valence-electron chi connectivity index (χ0n) is 16.8. The standard InChI is InChI=1S/C19H32N4O2.HI/c1-15-9-7-8-10-16(15)25-14-13-23(6)18(20-5)22-12-11-21-17(24)19(2,3)4;/h7-10H,11-14H2,1-6H3,(H,20,22)(H,21,24);1H. The van der Waals surface area contributed by atoms with E-state index in [0.717, 1.165) is 17.3 Å². The fraction of sp³-hybridized carbons (Fsp3) is 0.579. The number of halogens is 1. The van der Waals surface area contributed by atoms with Crippen molar-refractivity contribution in [3.63, 3.8) is 0 Å². The number of carbonyl (C=O) groups excluding carboxylic acids is 1. The van der Waals surface area contributed by atoms with Gasteiger partial charge in [-0.1, -0.05) is 39.0 Å². The van der Waals surface area contributed by atoms with Gasteiger partial charge in [-0.05, 0) is 18.6 Å². The third-order valence-corrected chi connectivity index (χ3v) is 3.73. The number of hydrogen-bond donors (Lipinski definition) is 2. The van der Waals surface area contributed by atoms with Crippen LogP contribution >= 0.6 is 24.0 Å². The summed E-state index contributed by atoms with van der Waals surface area (Å²) >= 11 is 0. The highest BCUT2D eigenvalue weighted by atomic mass is 127. The minimum Gasteiger partial charge on any atom is -0.491 e. The Balaban J connectivity index is 0.00000625. The first-order valence-electron chi connectivity index (χ1n) is 8.64. The van der Waals surface area contributed by atoms with E-state index >= 15 is 0 Å². The summed E-state index contributed by atoms with van der Waals surface area (Å²) in [5, 5.41) is 6.15. The van der Waals surface area contributed by atoms with Crippen molar-refractivity contribution >= 4 is 35.8 Å². The minimum absolute atomic E-state index is 0. The zero-order valence-corrected chi connectivity index (χ0v) is 19.1. The summed E-state index contributed by atoms with van der Waals surface area (Å²) in [6.45, 7) is 10.2. The number of ether oxygens (including phenoxy) is 1. The Hall–Kier alpha value is -1.51. The smallest absolute Gasteiger partial charge is 0.225 e. The van der Waals surface area contributed by atoms with Crippen LogP contribution in [0.4, 0.5) is 0 Å². The summed E-state index contributed by atoms with van der Waals surface area (Å²) in [5.41, 5.74) is 0.757. The van der Waals surface area contributed by atoms with Gasteiger partial charge in [0.15, 0.2) is 5.96 Å². The van der Waals surface area contributed by atoms with Crippen molar-refractivity contribution < 1.29 is 9.53 Å². The van der Waals surface area contributed by atoms with E-state index in [4.69, 9.17) is 4.74 Å². The van der Waals surface area contributed by atoms with Gasteiger partial charge >= 0.3 is 0 Å². The van der Waals surface area contributed by atoms with E-state index in [1.807, 2.05) is 63.9 Å². The molecular weight excluding hydrogens is 443 g/mol. The number of amides is 1. The van der Waals surface area contributed by atoms with Crippen LogP contribution in [0.25, 0.3) is 0 Å². The maximum Gasteiger partial charge on any atom is 0.225 e. The third-order valence-electron chi connectivity index (χ3n) is 3.73. The molecule has 6 nitrogen and oxygen atoms in total. The van der Waals surface area contributed by atoms with Gasteiger partial charge in [-0.2, -0.15) is 0 Å². The maximum absolute atomic E-state index is 11.8. The first-order valence-corrected chi connectivity index (χ1v) is 8.64. The fourth-order valence-electron chi connectivity index (χ4n) is 2.12. The highest BCUT2D eigenvalue weighted by molar-refractivity contribution is 14.0. The molecule has 1 aromatic rings. The summed E-state index contributed by atoms with van der Waals surface area (Å²) in [4.78, 5) is 18.1. The Morgan fingerprint density at radius 3 is 2.38 bits per heavy atom. The predicted molar refractivity (Wildman–Crippen MR) is 119 cm³/mol. The predicted octanol–water partition coefficient (Wildman–Crippen LogP) is 2.66. The number of para-hydroxylation sites is 1. The molecule has 0 spiro atoms. The minimum atomic E-state index is -0.370. The summed E-state index contributed by atoms with van der Waals surface area (Å²) in [5.74, 6) is 1.73. The number of likely N-dealkylation sites (N-methyl/N-ethyl adjacent to an activating group) is 1. The average Bonchev–Trinajstić information content (AvgIpc) is 2.55. The van der Waals surface area contributed by atoms with E-state index in [-0.39, 0.29) is 35.3 Å². The van der Waals surface area contributed by atoms with Crippen LogP contribution in [-0.4, -0.2) is 57.1 Å². The maximum atomic E-state index is 11.8. The second-order valence-electron chi connectivity index (χ2n) is 7.02. The topological polar surface area (TPSA) is 66.0 Å². The van der Waals surface area contributed by atoms with Gasteiger partial charge in [0.1, 0.15) is 12.4 Å². The number of nitrogens with one attached hydrogen (secondary N) is 2. The number of guanidine groups is 1. The van der Waals surface area contributed by atoms with Crippen LogP contribution in [0.5, 0.6) is 5.75 Å². The van der Waals surface area contributed by atoms with Crippen molar-refractivity contribution in [2.75, 3.05) is 40.3 Å². The van der Waals surface area contributed by atoms with Crippen LogP contribution < -0.4 is 15.4 Å². The van der Waals surface area contributed by atoms with E-state index in [1.54, 1.807) is 7.05 Å². The van der Waals surface area contributed by atoms with Crippen molar-refractivity contribution in [2.24, 2.45) is 10.4 Å². The second-order valence-corrected chi connectivity index (χ2v) is 7.02. The highest BCUT2D eigenvalue weighted by Gasteiger charge is 2.20. The number of nitrogens with zero attached hydrogens (tertiary/aromatic N) is 2. The molecule has 1 rings (SSSR count). The molecule has 7 heteroatoms. The summed E-state index contributed by atoms with van der Waals surface area (Å²) < 4.78 is 5.82. The molecule has 0 saturated heterocycles. The van der Waals surface area contributed by atoms with Gasteiger partial charge in [0.25, 0.3) is 0 Å². The zero-order chi connectivity index (χ0) is 18.9. The molecule has 148 valence electrons. The normalized spacial score (nSPS) is 11.4. The number of hydrogen-bond acceptors (Lipinski definition) is 3. The summed E-state index contributed by atoms with van der Waals surface area (Å²) in [6, 6.07) is 7.97. The lowest BCUT2D eigenvalue weighted by atomic mass is 9.96. The second kappa shape index (κ2) is 12.0. The van der Waals surface area contributed by atoms with E-state index in [2.05, 4.69) is 15.6 Å². The monoisotopic (exact) mass is 476 g/mol. The Morgan fingerprint density at radius 2 is 1.81 bits per heavy atom. The van der Waals surface area contributed by atoms with Crippen LogP contribution in [0.2, 0.25) is 0 Å². The number of benzene rings is 1. The van der Waals surface area contributed by atoms with E-state index in [9.17, 15) is 4.79 Å². The lowest BCUT2D eigenvalue weighted by molar-refractivity contribution is -0.128. The molecule has 0 aliphatic rings. The van der Waals surface area contributed by atoms with Crippen molar-refractivity contribution in [2.45, 2.75) is 27.7 Å². The van der Waals surface area contributed by atoms with Gasteiger partial charge in [-0.3, -0.25) is 9.79 Å². The summed E-state index contributed by atoms with van der Waals surface area (Å²) in [7, 11) is 3.71. The van der Waals surface area contributed by atoms with Crippen LogP contribution in [0, 0.1) is 12.3 Å². The molecule has 0 aliphatic carbocycles. The van der Waals surface area contributed by atoms with Crippen molar-refractivity contribution in [3.05, 3.63) is 29.8 Å². The third kappa shape index (κ3) is 8.73. The Bertz CT molecular complexity index is 585. The molecule has 26 heavy (non-hydrogen) atoms. The van der Waals surface area contributed by atoms with Gasteiger partial charge in [-0.15, -0.1) is 24.0 Å². The van der Waals surface area contributed by atoms with Crippen LogP contribution in [-0.2, 0) is 4.79 Å². The highest BCUT2D eigenvalue weighted by Crippen LogP contribution is 2.15. The fourth-order valence-corrected chi connectivity index (χ4v) is 2.12. The SMILES string of the molecule is CN=C(NCCNC(=O)C(C)(C)C)N(C)CCOc1ccccc1C.I. The molecular formula is C19H33IN4O2. The Morgan fingerprint density at radius 1 is 1.19 bits per heavy atom. The van der Waals surface area contributed by atoms with Gasteiger partial charge in [-0.25, -0.2) is 0 Å². The lowest BCUT2D eigenvalue weighted by Gasteiger charge is -2.23. The molecule has 0 heterocycles. The average molecular weight is 476 g/mol. The van der Waals surface area contributed by atoms with Crippen LogP contribution in [0.15, 0.2) is 29.3 Å². The van der Waals surface area contributed by atoms with Gasteiger partial charge in [0, 0.05) is 32.6 Å². The number of rotatable bonds is 7. The van der Waals surface area contributed by atoms with Crippen molar-refractivity contribution in [1.29, 1.82) is 0 Å². The van der Waals surface area contributed by atoms with E-state index in [1.165, 1.54) is 0 Å². The molecule has 1 amide bonds. The van der Waals surface area contributed by atoms with Gasteiger partial charge in [0.2, 0.25) is 5.91 Å². The van der Waals surface area contributed by atoms with Crippen molar-refractivity contribution in [3.8, 4) is 5.75 Å². The number of aliphatic imine (C=N–C) groups is 1. The van der Waals surface area contributed by atoms with Gasteiger partial charge < -0.3 is 20.3 Å². The van der Waals surface area contributed by atoms with E-state index < -0.39 is 0 Å². The summed E-state index contributed by atoms with van der Waals surface area (Å²) in [6.07, 6.45) is 0. The van der Waals surface area contributed by atoms with Gasteiger partial charge in [0.05, 0.1) is 6.54 Å². The first kappa shape index (κ1) is 24.5. The lowest BCUT2D eigenvalue weighted by Crippen LogP contribution is -2.45.